The second-order valence-electron chi connectivity index (χ2n) is 4.61. The van der Waals surface area contributed by atoms with Gasteiger partial charge >= 0.3 is 0 Å². The van der Waals surface area contributed by atoms with Crippen molar-refractivity contribution in [3.05, 3.63) is 64.4 Å². The summed E-state index contributed by atoms with van der Waals surface area (Å²) in [6.45, 7) is -0.364. The van der Waals surface area contributed by atoms with Gasteiger partial charge in [-0.15, -0.1) is 0 Å². The molecular formula is C16H15ClFNO3. The Kier molecular flexibility index (Phi) is 5.35. The van der Waals surface area contributed by atoms with Crippen LogP contribution in [0.2, 0.25) is 5.02 Å². The molecule has 2 aromatic carbocycles. The van der Waals surface area contributed by atoms with E-state index in [0.717, 1.165) is 0 Å². The van der Waals surface area contributed by atoms with Crippen molar-refractivity contribution in [1.29, 1.82) is 0 Å². The van der Waals surface area contributed by atoms with Crippen molar-refractivity contribution in [2.75, 3.05) is 13.7 Å². The summed E-state index contributed by atoms with van der Waals surface area (Å²) in [7, 11) is 1.50. The van der Waals surface area contributed by atoms with Crippen molar-refractivity contribution in [3.63, 3.8) is 0 Å². The highest BCUT2D eigenvalue weighted by atomic mass is 35.5. The molecule has 22 heavy (non-hydrogen) atoms. The standard InChI is InChI=1S/C16H15ClFNO3/c1-22-12-4-2-3-11(7-12)16(21)19-15(9-20)10-5-6-13(17)14(18)8-10/h2-8,15,20H,9H2,1H3,(H,19,21). The normalized spacial score (nSPS) is 11.8. The SMILES string of the molecule is COc1cccc(C(=O)NC(CO)c2ccc(Cl)c(F)c2)c1. The molecule has 2 N–H and O–H groups in total. The maximum Gasteiger partial charge on any atom is 0.251 e. The van der Waals surface area contributed by atoms with E-state index in [4.69, 9.17) is 16.3 Å². The third-order valence-corrected chi connectivity index (χ3v) is 3.47. The minimum absolute atomic E-state index is 0.0143. The van der Waals surface area contributed by atoms with Crippen molar-refractivity contribution >= 4 is 17.5 Å². The van der Waals surface area contributed by atoms with E-state index in [9.17, 15) is 14.3 Å². The number of hydrogen-bond acceptors (Lipinski definition) is 3. The molecule has 0 saturated heterocycles. The number of benzene rings is 2. The topological polar surface area (TPSA) is 58.6 Å². The number of halogens is 2. The molecule has 0 heterocycles. The molecule has 0 bridgehead atoms. The first-order chi connectivity index (χ1) is 10.5. The Hall–Kier alpha value is -2.11. The van der Waals surface area contributed by atoms with Gasteiger partial charge in [0.15, 0.2) is 0 Å². The molecule has 4 nitrogen and oxygen atoms in total. The van der Waals surface area contributed by atoms with E-state index < -0.39 is 17.8 Å². The summed E-state index contributed by atoms with van der Waals surface area (Å²) in [6, 6.07) is 9.99. The van der Waals surface area contributed by atoms with Crippen molar-refractivity contribution < 1.29 is 19.0 Å². The molecule has 6 heteroatoms. The van der Waals surface area contributed by atoms with Crippen LogP contribution in [0.15, 0.2) is 42.5 Å². The zero-order chi connectivity index (χ0) is 16.1. The van der Waals surface area contributed by atoms with Crippen LogP contribution in [0.25, 0.3) is 0 Å². The minimum Gasteiger partial charge on any atom is -0.497 e. The number of methoxy groups -OCH3 is 1. The van der Waals surface area contributed by atoms with E-state index >= 15 is 0 Å². The number of aliphatic hydroxyl groups is 1. The van der Waals surface area contributed by atoms with Gasteiger partial charge in [0.05, 0.1) is 24.8 Å². The summed E-state index contributed by atoms with van der Waals surface area (Å²) in [5, 5.41) is 12.1. The van der Waals surface area contributed by atoms with Gasteiger partial charge in [0, 0.05) is 5.56 Å². The third kappa shape index (κ3) is 3.75. The molecule has 0 aliphatic rings. The van der Waals surface area contributed by atoms with Crippen LogP contribution in [0.4, 0.5) is 4.39 Å². The second kappa shape index (κ2) is 7.24. The molecule has 1 amide bonds. The zero-order valence-electron chi connectivity index (χ0n) is 11.8. The van der Waals surface area contributed by atoms with Crippen LogP contribution in [0.5, 0.6) is 5.75 Å². The first-order valence-corrected chi connectivity index (χ1v) is 6.93. The molecule has 1 unspecified atom stereocenters. The Morgan fingerprint density at radius 1 is 1.36 bits per heavy atom. The summed E-state index contributed by atoms with van der Waals surface area (Å²) in [6.07, 6.45) is 0. The number of rotatable bonds is 5. The predicted octanol–water partition coefficient (Wildman–Crippen LogP) is 2.95. The largest absolute Gasteiger partial charge is 0.497 e. The number of aliphatic hydroxyl groups excluding tert-OH is 1. The number of hydrogen-bond donors (Lipinski definition) is 2. The van der Waals surface area contributed by atoms with Gasteiger partial charge in [0.1, 0.15) is 11.6 Å². The number of ether oxygens (including phenoxy) is 1. The van der Waals surface area contributed by atoms with Crippen molar-refractivity contribution in [2.45, 2.75) is 6.04 Å². The molecular weight excluding hydrogens is 309 g/mol. The van der Waals surface area contributed by atoms with Crippen LogP contribution in [0.1, 0.15) is 22.0 Å². The Balaban J connectivity index is 2.18. The van der Waals surface area contributed by atoms with E-state index in [1.807, 2.05) is 0 Å². The fraction of sp³-hybridized carbons (Fsp3) is 0.188. The lowest BCUT2D eigenvalue weighted by atomic mass is 10.1. The molecule has 0 fully saturated rings. The maximum absolute atomic E-state index is 13.5. The second-order valence-corrected chi connectivity index (χ2v) is 5.02. The molecule has 2 rings (SSSR count). The number of amides is 1. The summed E-state index contributed by atoms with van der Waals surface area (Å²) < 4.78 is 18.5. The third-order valence-electron chi connectivity index (χ3n) is 3.17. The first-order valence-electron chi connectivity index (χ1n) is 6.56. The van der Waals surface area contributed by atoms with Crippen LogP contribution >= 0.6 is 11.6 Å². The van der Waals surface area contributed by atoms with Gasteiger partial charge < -0.3 is 15.2 Å². The van der Waals surface area contributed by atoms with Crippen LogP contribution in [0, 0.1) is 5.82 Å². The van der Waals surface area contributed by atoms with E-state index in [1.54, 1.807) is 30.3 Å². The van der Waals surface area contributed by atoms with Gasteiger partial charge in [-0.3, -0.25) is 4.79 Å². The summed E-state index contributed by atoms with van der Waals surface area (Å²) in [5.41, 5.74) is 0.813. The average molecular weight is 324 g/mol. The Labute approximate surface area is 132 Å². The first kappa shape index (κ1) is 16.3. The van der Waals surface area contributed by atoms with E-state index in [2.05, 4.69) is 5.32 Å². The summed E-state index contributed by atoms with van der Waals surface area (Å²) in [4.78, 5) is 12.2. The van der Waals surface area contributed by atoms with Crippen LogP contribution in [0.3, 0.4) is 0 Å². The van der Waals surface area contributed by atoms with E-state index in [0.29, 0.717) is 16.9 Å². The fourth-order valence-electron chi connectivity index (χ4n) is 1.97. The minimum atomic E-state index is -0.731. The number of carbonyl (C=O) groups is 1. The van der Waals surface area contributed by atoms with E-state index in [-0.39, 0.29) is 11.6 Å². The molecule has 0 aromatic heterocycles. The lowest BCUT2D eigenvalue weighted by molar-refractivity contribution is 0.0915. The highest BCUT2D eigenvalue weighted by Crippen LogP contribution is 2.21. The number of carbonyl (C=O) groups excluding carboxylic acids is 1. The van der Waals surface area contributed by atoms with Gasteiger partial charge in [-0.2, -0.15) is 0 Å². The van der Waals surface area contributed by atoms with Gasteiger partial charge in [-0.05, 0) is 35.9 Å². The van der Waals surface area contributed by atoms with Crippen LogP contribution < -0.4 is 10.1 Å². The molecule has 0 aliphatic heterocycles. The molecule has 0 aliphatic carbocycles. The van der Waals surface area contributed by atoms with Gasteiger partial charge in [0.25, 0.3) is 5.91 Å². The van der Waals surface area contributed by atoms with Crippen molar-refractivity contribution in [2.24, 2.45) is 0 Å². The van der Waals surface area contributed by atoms with Gasteiger partial charge in [0.2, 0.25) is 0 Å². The molecule has 2 aromatic rings. The van der Waals surface area contributed by atoms with E-state index in [1.165, 1.54) is 19.2 Å². The summed E-state index contributed by atoms with van der Waals surface area (Å²) in [5.74, 6) is -0.452. The Bertz CT molecular complexity index is 678. The van der Waals surface area contributed by atoms with Crippen molar-refractivity contribution in [1.82, 2.24) is 5.32 Å². The Morgan fingerprint density at radius 2 is 2.14 bits per heavy atom. The zero-order valence-corrected chi connectivity index (χ0v) is 12.6. The average Bonchev–Trinajstić information content (AvgIpc) is 2.55. The van der Waals surface area contributed by atoms with Gasteiger partial charge in [-0.25, -0.2) is 4.39 Å². The van der Waals surface area contributed by atoms with Gasteiger partial charge in [-0.1, -0.05) is 23.7 Å². The fourth-order valence-corrected chi connectivity index (χ4v) is 2.09. The maximum atomic E-state index is 13.5. The molecule has 0 radical (unpaired) electrons. The quantitative estimate of drug-likeness (QED) is 0.889. The highest BCUT2D eigenvalue weighted by Gasteiger charge is 2.16. The predicted molar refractivity (Wildman–Crippen MR) is 81.7 cm³/mol. The number of nitrogens with one attached hydrogen (secondary N) is 1. The Morgan fingerprint density at radius 3 is 2.77 bits per heavy atom. The molecule has 116 valence electrons. The monoisotopic (exact) mass is 323 g/mol. The summed E-state index contributed by atoms with van der Waals surface area (Å²) >= 11 is 5.62. The smallest absolute Gasteiger partial charge is 0.251 e. The molecule has 0 spiro atoms. The van der Waals surface area contributed by atoms with Crippen LogP contribution in [-0.4, -0.2) is 24.7 Å². The van der Waals surface area contributed by atoms with Crippen molar-refractivity contribution in [3.8, 4) is 5.75 Å². The lowest BCUT2D eigenvalue weighted by Gasteiger charge is -2.17. The van der Waals surface area contributed by atoms with Crippen LogP contribution in [-0.2, 0) is 0 Å². The lowest BCUT2D eigenvalue weighted by Crippen LogP contribution is -2.30. The molecule has 1 atom stereocenters. The molecule has 0 saturated carbocycles. The highest BCUT2D eigenvalue weighted by molar-refractivity contribution is 6.30.